The molecule has 0 aromatic heterocycles. The van der Waals surface area contributed by atoms with Gasteiger partial charge in [0.05, 0.1) is 18.6 Å². The summed E-state index contributed by atoms with van der Waals surface area (Å²) in [6.07, 6.45) is 0.216. The normalized spacial score (nSPS) is 33.6. The molecule has 2 unspecified atom stereocenters. The molecule has 70 valence electrons. The summed E-state index contributed by atoms with van der Waals surface area (Å²) < 4.78 is 5.50. The summed E-state index contributed by atoms with van der Waals surface area (Å²) in [5, 5.41) is 8.67. The fourth-order valence-corrected chi connectivity index (χ4v) is 1.89. The molecule has 0 aromatic carbocycles. The molecule has 0 aromatic rings. The minimum absolute atomic E-state index is 0.148. The fourth-order valence-electron chi connectivity index (χ4n) is 1.89. The molecule has 1 fully saturated rings. The van der Waals surface area contributed by atoms with E-state index in [1.165, 1.54) is 0 Å². The lowest BCUT2D eigenvalue weighted by atomic mass is 9.82. The lowest BCUT2D eigenvalue weighted by Gasteiger charge is -2.26. The second kappa shape index (κ2) is 3.05. The van der Waals surface area contributed by atoms with E-state index in [0.29, 0.717) is 12.5 Å². The number of carbonyl (C=O) groups is 1. The minimum atomic E-state index is -0.731. The Hall–Kier alpha value is -0.570. The number of ether oxygens (including phenoxy) is 1. The van der Waals surface area contributed by atoms with Gasteiger partial charge in [-0.05, 0) is 19.8 Å². The first kappa shape index (κ1) is 9.52. The summed E-state index contributed by atoms with van der Waals surface area (Å²) >= 11 is 0. The molecular weight excluding hydrogens is 156 g/mol. The topological polar surface area (TPSA) is 46.5 Å². The number of carboxylic acids is 1. The Morgan fingerprint density at radius 1 is 1.67 bits per heavy atom. The van der Waals surface area contributed by atoms with Crippen molar-refractivity contribution in [3.05, 3.63) is 0 Å². The molecule has 0 bridgehead atoms. The summed E-state index contributed by atoms with van der Waals surface area (Å²) in [7, 11) is 0. The fraction of sp³-hybridized carbons (Fsp3) is 0.889. The molecule has 0 radical (unpaired) electrons. The Morgan fingerprint density at radius 3 is 2.58 bits per heavy atom. The summed E-state index contributed by atoms with van der Waals surface area (Å²) in [4.78, 5) is 10.5. The number of rotatable bonds is 2. The highest BCUT2D eigenvalue weighted by Crippen LogP contribution is 2.37. The zero-order valence-electron chi connectivity index (χ0n) is 7.83. The second-order valence-electron chi connectivity index (χ2n) is 4.10. The van der Waals surface area contributed by atoms with Crippen molar-refractivity contribution < 1.29 is 14.6 Å². The van der Waals surface area contributed by atoms with E-state index in [9.17, 15) is 4.79 Å². The Kier molecular flexibility index (Phi) is 2.42. The molecule has 1 saturated heterocycles. The van der Waals surface area contributed by atoms with E-state index < -0.39 is 5.97 Å². The molecule has 0 amide bonds. The average molecular weight is 172 g/mol. The number of hydrogen-bond donors (Lipinski definition) is 1. The Labute approximate surface area is 72.7 Å². The van der Waals surface area contributed by atoms with Crippen molar-refractivity contribution in [3.63, 3.8) is 0 Å². The maximum absolute atomic E-state index is 10.5. The first-order valence-corrected chi connectivity index (χ1v) is 4.29. The van der Waals surface area contributed by atoms with Crippen LogP contribution in [0.15, 0.2) is 0 Å². The zero-order chi connectivity index (χ0) is 9.35. The summed E-state index contributed by atoms with van der Waals surface area (Å²) in [6.45, 7) is 6.65. The molecule has 1 N–H and O–H groups in total. The molecule has 1 rings (SSSR count). The van der Waals surface area contributed by atoms with Crippen LogP contribution in [0.1, 0.15) is 27.2 Å². The third-order valence-corrected chi connectivity index (χ3v) is 2.69. The molecule has 0 aliphatic carbocycles. The minimum Gasteiger partial charge on any atom is -0.481 e. The van der Waals surface area contributed by atoms with Crippen molar-refractivity contribution in [2.75, 3.05) is 6.61 Å². The molecule has 3 nitrogen and oxygen atoms in total. The predicted molar refractivity (Wildman–Crippen MR) is 44.9 cm³/mol. The smallest absolute Gasteiger partial charge is 0.303 e. The van der Waals surface area contributed by atoms with E-state index >= 15 is 0 Å². The highest BCUT2D eigenvalue weighted by Gasteiger charge is 2.41. The maximum atomic E-state index is 10.5. The molecule has 12 heavy (non-hydrogen) atoms. The molecule has 1 aliphatic rings. The van der Waals surface area contributed by atoms with Gasteiger partial charge in [0, 0.05) is 5.92 Å². The van der Waals surface area contributed by atoms with Gasteiger partial charge in [-0.2, -0.15) is 0 Å². The molecule has 1 aliphatic heterocycles. The van der Waals surface area contributed by atoms with Crippen LogP contribution < -0.4 is 0 Å². The van der Waals surface area contributed by atoms with Crippen molar-refractivity contribution in [2.24, 2.45) is 11.8 Å². The van der Waals surface area contributed by atoms with Crippen molar-refractivity contribution in [2.45, 2.75) is 32.8 Å². The lowest BCUT2D eigenvalue weighted by Crippen LogP contribution is -2.31. The van der Waals surface area contributed by atoms with Crippen LogP contribution in [0.2, 0.25) is 0 Å². The van der Waals surface area contributed by atoms with Crippen LogP contribution in [0.5, 0.6) is 0 Å². The SMILES string of the molecule is CC1COC(C)(C)C1CC(=O)O. The van der Waals surface area contributed by atoms with E-state index in [-0.39, 0.29) is 17.9 Å². The third kappa shape index (κ3) is 1.78. The second-order valence-corrected chi connectivity index (χ2v) is 4.10. The highest BCUT2D eigenvalue weighted by atomic mass is 16.5. The standard InChI is InChI=1S/C9H16O3/c1-6-5-12-9(2,3)7(6)4-8(10)11/h6-7H,4-5H2,1-3H3,(H,10,11). The van der Waals surface area contributed by atoms with Crippen LogP contribution in [0.3, 0.4) is 0 Å². The van der Waals surface area contributed by atoms with E-state index in [1.54, 1.807) is 0 Å². The van der Waals surface area contributed by atoms with Gasteiger partial charge in [-0.1, -0.05) is 6.92 Å². The molecule has 1 heterocycles. The van der Waals surface area contributed by atoms with Gasteiger partial charge in [0.2, 0.25) is 0 Å². The zero-order valence-corrected chi connectivity index (χ0v) is 7.83. The van der Waals surface area contributed by atoms with Gasteiger partial charge < -0.3 is 9.84 Å². The van der Waals surface area contributed by atoms with E-state index in [1.807, 2.05) is 20.8 Å². The Bertz CT molecular complexity index is 186. The van der Waals surface area contributed by atoms with Gasteiger partial charge in [0.25, 0.3) is 0 Å². The Balaban J connectivity index is 2.65. The summed E-state index contributed by atoms with van der Waals surface area (Å²) in [5.41, 5.74) is -0.266. The molecule has 2 atom stereocenters. The van der Waals surface area contributed by atoms with Crippen LogP contribution in [0.4, 0.5) is 0 Å². The quantitative estimate of drug-likeness (QED) is 0.687. The van der Waals surface area contributed by atoms with Crippen molar-refractivity contribution in [1.29, 1.82) is 0 Å². The molecular formula is C9H16O3. The molecule has 3 heteroatoms. The van der Waals surface area contributed by atoms with Crippen LogP contribution in [-0.4, -0.2) is 23.3 Å². The third-order valence-electron chi connectivity index (χ3n) is 2.69. The van der Waals surface area contributed by atoms with Crippen molar-refractivity contribution in [3.8, 4) is 0 Å². The summed E-state index contributed by atoms with van der Waals surface area (Å²) in [6, 6.07) is 0. The van der Waals surface area contributed by atoms with Crippen LogP contribution in [0, 0.1) is 11.8 Å². The largest absolute Gasteiger partial charge is 0.481 e. The van der Waals surface area contributed by atoms with E-state index in [2.05, 4.69) is 0 Å². The van der Waals surface area contributed by atoms with Gasteiger partial charge in [-0.3, -0.25) is 4.79 Å². The lowest BCUT2D eigenvalue weighted by molar-refractivity contribution is -0.139. The molecule has 0 saturated carbocycles. The van der Waals surface area contributed by atoms with Gasteiger partial charge in [-0.25, -0.2) is 0 Å². The van der Waals surface area contributed by atoms with Gasteiger partial charge >= 0.3 is 5.97 Å². The van der Waals surface area contributed by atoms with Crippen LogP contribution in [0.25, 0.3) is 0 Å². The first-order valence-electron chi connectivity index (χ1n) is 4.29. The predicted octanol–water partition coefficient (Wildman–Crippen LogP) is 1.52. The average Bonchev–Trinajstić information content (AvgIpc) is 2.15. The van der Waals surface area contributed by atoms with Crippen LogP contribution in [-0.2, 0) is 9.53 Å². The van der Waals surface area contributed by atoms with Crippen LogP contribution >= 0.6 is 0 Å². The van der Waals surface area contributed by atoms with Gasteiger partial charge in [-0.15, -0.1) is 0 Å². The maximum Gasteiger partial charge on any atom is 0.303 e. The van der Waals surface area contributed by atoms with E-state index in [0.717, 1.165) is 0 Å². The number of carboxylic acid groups (broad SMARTS) is 1. The highest BCUT2D eigenvalue weighted by molar-refractivity contribution is 5.67. The van der Waals surface area contributed by atoms with Crippen molar-refractivity contribution in [1.82, 2.24) is 0 Å². The number of aliphatic carboxylic acids is 1. The first-order chi connectivity index (χ1) is 5.43. The van der Waals surface area contributed by atoms with E-state index in [4.69, 9.17) is 9.84 Å². The Morgan fingerprint density at radius 2 is 2.25 bits per heavy atom. The van der Waals surface area contributed by atoms with Gasteiger partial charge in [0.1, 0.15) is 0 Å². The van der Waals surface area contributed by atoms with Gasteiger partial charge in [0.15, 0.2) is 0 Å². The van der Waals surface area contributed by atoms with Crippen molar-refractivity contribution >= 4 is 5.97 Å². The number of hydrogen-bond acceptors (Lipinski definition) is 2. The molecule has 0 spiro atoms. The monoisotopic (exact) mass is 172 g/mol. The summed E-state index contributed by atoms with van der Waals surface area (Å²) in [5.74, 6) is -0.225.